The van der Waals surface area contributed by atoms with E-state index in [2.05, 4.69) is 15.2 Å². The van der Waals surface area contributed by atoms with Crippen molar-refractivity contribution in [3.05, 3.63) is 51.2 Å². The van der Waals surface area contributed by atoms with Crippen LogP contribution in [0.1, 0.15) is 0 Å². The fourth-order valence-electron chi connectivity index (χ4n) is 1.01. The first-order chi connectivity index (χ1) is 7.25. The highest BCUT2D eigenvalue weighted by Gasteiger charge is 2.03. The number of hydrogen-bond donors (Lipinski definition) is 2. The quantitative estimate of drug-likeness (QED) is 0.778. The van der Waals surface area contributed by atoms with Crippen LogP contribution in [0.3, 0.4) is 0 Å². The van der Waals surface area contributed by atoms with Crippen molar-refractivity contribution >= 4 is 11.8 Å². The van der Waals surface area contributed by atoms with Crippen molar-refractivity contribution in [3.8, 4) is 0 Å². The standard InChI is InChI=1S/C9H7N3O2S/c13-7-8(11-12-9(14)10-7)15-6-4-2-1-3-5-6/h1-5H,(H2,10,12,13,14). The lowest BCUT2D eigenvalue weighted by molar-refractivity contribution is 0.807. The zero-order valence-corrected chi connectivity index (χ0v) is 8.38. The molecule has 0 spiro atoms. The summed E-state index contributed by atoms with van der Waals surface area (Å²) in [5.74, 6) is 0. The van der Waals surface area contributed by atoms with Crippen LogP contribution in [0.4, 0.5) is 0 Å². The number of H-pyrrole nitrogens is 2. The van der Waals surface area contributed by atoms with Gasteiger partial charge in [-0.1, -0.05) is 30.0 Å². The first kappa shape index (κ1) is 9.72. The molecule has 5 nitrogen and oxygen atoms in total. The highest BCUT2D eigenvalue weighted by atomic mass is 32.2. The summed E-state index contributed by atoms with van der Waals surface area (Å²) in [7, 11) is 0. The molecule has 15 heavy (non-hydrogen) atoms. The van der Waals surface area contributed by atoms with Crippen LogP contribution in [0.2, 0.25) is 0 Å². The van der Waals surface area contributed by atoms with Gasteiger partial charge in [-0.2, -0.15) is 5.10 Å². The van der Waals surface area contributed by atoms with Crippen LogP contribution in [0.5, 0.6) is 0 Å². The zero-order valence-electron chi connectivity index (χ0n) is 7.56. The Morgan fingerprint density at radius 3 is 2.53 bits per heavy atom. The molecule has 0 fully saturated rings. The summed E-state index contributed by atoms with van der Waals surface area (Å²) in [4.78, 5) is 25.0. The van der Waals surface area contributed by atoms with E-state index in [0.717, 1.165) is 4.90 Å². The average Bonchev–Trinajstić information content (AvgIpc) is 2.24. The van der Waals surface area contributed by atoms with Crippen molar-refractivity contribution in [2.75, 3.05) is 0 Å². The molecule has 0 aliphatic rings. The van der Waals surface area contributed by atoms with Gasteiger partial charge in [0.1, 0.15) is 0 Å². The van der Waals surface area contributed by atoms with Crippen LogP contribution in [0, 0.1) is 0 Å². The van der Waals surface area contributed by atoms with Crippen molar-refractivity contribution in [2.24, 2.45) is 0 Å². The summed E-state index contributed by atoms with van der Waals surface area (Å²) >= 11 is 1.20. The molecule has 2 aromatic rings. The second-order valence-electron chi connectivity index (χ2n) is 2.73. The SMILES string of the molecule is O=c1[nH]nc(Sc2ccccc2)c(=O)[nH]1. The van der Waals surface area contributed by atoms with Gasteiger partial charge in [0.2, 0.25) is 0 Å². The van der Waals surface area contributed by atoms with E-state index in [0.29, 0.717) is 0 Å². The summed E-state index contributed by atoms with van der Waals surface area (Å²) in [6.07, 6.45) is 0. The highest BCUT2D eigenvalue weighted by Crippen LogP contribution is 2.21. The summed E-state index contributed by atoms with van der Waals surface area (Å²) < 4.78 is 0. The fraction of sp³-hybridized carbons (Fsp3) is 0. The lowest BCUT2D eigenvalue weighted by Crippen LogP contribution is -2.24. The lowest BCUT2D eigenvalue weighted by atomic mass is 10.4. The van der Waals surface area contributed by atoms with E-state index in [-0.39, 0.29) is 5.03 Å². The maximum absolute atomic E-state index is 11.3. The number of aromatic nitrogens is 3. The zero-order chi connectivity index (χ0) is 10.7. The van der Waals surface area contributed by atoms with Gasteiger partial charge in [0.15, 0.2) is 5.03 Å². The lowest BCUT2D eigenvalue weighted by Gasteiger charge is -1.97. The summed E-state index contributed by atoms with van der Waals surface area (Å²) in [6.45, 7) is 0. The van der Waals surface area contributed by atoms with E-state index >= 15 is 0 Å². The van der Waals surface area contributed by atoms with Gasteiger partial charge in [0.05, 0.1) is 0 Å². The molecule has 2 N–H and O–H groups in total. The first-order valence-electron chi connectivity index (χ1n) is 4.17. The van der Waals surface area contributed by atoms with Crippen LogP contribution in [-0.2, 0) is 0 Å². The molecular weight excluding hydrogens is 214 g/mol. The summed E-state index contributed by atoms with van der Waals surface area (Å²) in [6, 6.07) is 9.33. The number of rotatable bonds is 2. The maximum Gasteiger partial charge on any atom is 0.342 e. The number of hydrogen-bond acceptors (Lipinski definition) is 4. The predicted octanol–water partition coefficient (Wildman–Crippen LogP) is 0.609. The monoisotopic (exact) mass is 221 g/mol. The third-order valence-corrected chi connectivity index (χ3v) is 2.62. The van der Waals surface area contributed by atoms with Crippen molar-refractivity contribution < 1.29 is 0 Å². The van der Waals surface area contributed by atoms with Crippen LogP contribution < -0.4 is 11.2 Å². The van der Waals surface area contributed by atoms with Crippen molar-refractivity contribution in [1.29, 1.82) is 0 Å². The van der Waals surface area contributed by atoms with E-state index in [1.54, 1.807) is 0 Å². The van der Waals surface area contributed by atoms with Gasteiger partial charge in [-0.15, -0.1) is 0 Å². The highest BCUT2D eigenvalue weighted by molar-refractivity contribution is 7.99. The molecular formula is C9H7N3O2S. The molecule has 76 valence electrons. The van der Waals surface area contributed by atoms with E-state index in [1.165, 1.54) is 11.8 Å². The van der Waals surface area contributed by atoms with Crippen molar-refractivity contribution in [2.45, 2.75) is 9.92 Å². The van der Waals surface area contributed by atoms with Crippen LogP contribution >= 0.6 is 11.8 Å². The molecule has 0 amide bonds. The molecule has 0 bridgehead atoms. The molecule has 1 heterocycles. The van der Waals surface area contributed by atoms with Gasteiger partial charge in [0.25, 0.3) is 5.56 Å². The molecule has 0 aliphatic heterocycles. The van der Waals surface area contributed by atoms with E-state index < -0.39 is 11.2 Å². The third-order valence-electron chi connectivity index (χ3n) is 1.64. The molecule has 0 saturated heterocycles. The topological polar surface area (TPSA) is 78.6 Å². The fourth-order valence-corrected chi connectivity index (χ4v) is 1.76. The minimum absolute atomic E-state index is 0.223. The molecule has 6 heteroatoms. The Morgan fingerprint density at radius 1 is 1.13 bits per heavy atom. The second kappa shape index (κ2) is 4.14. The Morgan fingerprint density at radius 2 is 1.87 bits per heavy atom. The molecule has 1 aromatic heterocycles. The third kappa shape index (κ3) is 2.35. The molecule has 0 atom stereocenters. The van der Waals surface area contributed by atoms with Crippen LogP contribution in [0.15, 0.2) is 49.8 Å². The molecule has 0 saturated carbocycles. The summed E-state index contributed by atoms with van der Waals surface area (Å²) in [5.41, 5.74) is -1.08. The predicted molar refractivity (Wildman–Crippen MR) is 56.0 cm³/mol. The first-order valence-corrected chi connectivity index (χ1v) is 4.99. The number of benzene rings is 1. The van der Waals surface area contributed by atoms with Crippen molar-refractivity contribution in [3.63, 3.8) is 0 Å². The Balaban J connectivity index is 2.33. The van der Waals surface area contributed by atoms with Gasteiger partial charge in [-0.25, -0.2) is 9.89 Å². The van der Waals surface area contributed by atoms with Gasteiger partial charge < -0.3 is 0 Å². The minimum Gasteiger partial charge on any atom is -0.271 e. The van der Waals surface area contributed by atoms with Gasteiger partial charge in [0, 0.05) is 4.90 Å². The van der Waals surface area contributed by atoms with E-state index in [1.807, 2.05) is 30.3 Å². The molecule has 2 rings (SSSR count). The normalized spacial score (nSPS) is 10.1. The molecule has 1 aromatic carbocycles. The van der Waals surface area contributed by atoms with Crippen molar-refractivity contribution in [1.82, 2.24) is 15.2 Å². The Kier molecular flexibility index (Phi) is 2.68. The van der Waals surface area contributed by atoms with E-state index in [9.17, 15) is 9.59 Å². The van der Waals surface area contributed by atoms with Gasteiger partial charge in [-0.05, 0) is 12.1 Å². The molecule has 0 radical (unpaired) electrons. The van der Waals surface area contributed by atoms with Gasteiger partial charge in [-0.3, -0.25) is 9.78 Å². The minimum atomic E-state index is -0.600. The maximum atomic E-state index is 11.3. The van der Waals surface area contributed by atoms with Crippen LogP contribution in [-0.4, -0.2) is 15.2 Å². The smallest absolute Gasteiger partial charge is 0.271 e. The largest absolute Gasteiger partial charge is 0.342 e. The van der Waals surface area contributed by atoms with Crippen LogP contribution in [0.25, 0.3) is 0 Å². The molecule has 0 aliphatic carbocycles. The molecule has 0 unspecified atom stereocenters. The summed E-state index contributed by atoms with van der Waals surface area (Å²) in [5, 5.41) is 6.06. The number of nitrogens with one attached hydrogen (secondary N) is 2. The number of nitrogens with zero attached hydrogens (tertiary/aromatic N) is 1. The van der Waals surface area contributed by atoms with Gasteiger partial charge >= 0.3 is 5.69 Å². The Hall–Kier alpha value is -1.82. The van der Waals surface area contributed by atoms with E-state index in [4.69, 9.17) is 0 Å². The Labute approximate surface area is 88.6 Å². The Bertz CT molecular complexity index is 561. The number of aromatic amines is 2. The second-order valence-corrected chi connectivity index (χ2v) is 3.79. The average molecular weight is 221 g/mol.